The number of aryl methyl sites for hydroxylation is 1. The molecule has 5 nitrogen and oxygen atoms in total. The van der Waals surface area contributed by atoms with Crippen LogP contribution < -0.4 is 10.9 Å². The van der Waals surface area contributed by atoms with Crippen LogP contribution in [0.5, 0.6) is 0 Å². The van der Waals surface area contributed by atoms with Crippen LogP contribution in [0.25, 0.3) is 10.8 Å². The Balaban J connectivity index is 1.77. The zero-order valence-electron chi connectivity index (χ0n) is 14.7. The van der Waals surface area contributed by atoms with Crippen molar-refractivity contribution in [1.82, 2.24) is 14.7 Å². The number of benzene rings is 2. The highest BCUT2D eigenvalue weighted by Gasteiger charge is 2.34. The van der Waals surface area contributed by atoms with E-state index in [2.05, 4.69) is 53.7 Å². The highest BCUT2D eigenvalue weighted by atomic mass is 16.1. The third kappa shape index (κ3) is 2.61. The summed E-state index contributed by atoms with van der Waals surface area (Å²) in [6, 6.07) is 16.7. The lowest BCUT2D eigenvalue weighted by Crippen LogP contribution is -2.34. The Morgan fingerprint density at radius 1 is 1.08 bits per heavy atom. The summed E-state index contributed by atoms with van der Waals surface area (Å²) in [6.45, 7) is 0. The third-order valence-electron chi connectivity index (χ3n) is 5.03. The number of anilines is 1. The summed E-state index contributed by atoms with van der Waals surface area (Å²) in [5.74, 6) is 0.766. The van der Waals surface area contributed by atoms with Crippen molar-refractivity contribution in [2.45, 2.75) is 18.5 Å². The second-order valence-electron chi connectivity index (χ2n) is 6.89. The van der Waals surface area contributed by atoms with E-state index < -0.39 is 0 Å². The van der Waals surface area contributed by atoms with Crippen molar-refractivity contribution in [3.8, 4) is 0 Å². The molecule has 3 aromatic rings. The van der Waals surface area contributed by atoms with Gasteiger partial charge in [0.05, 0.1) is 17.5 Å². The Hall–Kier alpha value is -2.66. The largest absolute Gasteiger partial charge is 0.363 e. The van der Waals surface area contributed by atoms with Gasteiger partial charge in [-0.25, -0.2) is 4.68 Å². The first kappa shape index (κ1) is 15.8. The molecule has 0 spiro atoms. The second kappa shape index (κ2) is 6.01. The Labute approximate surface area is 146 Å². The number of fused-ring (bicyclic) bond motifs is 2. The van der Waals surface area contributed by atoms with E-state index in [0.29, 0.717) is 5.39 Å². The molecule has 0 saturated heterocycles. The van der Waals surface area contributed by atoms with Gasteiger partial charge >= 0.3 is 0 Å². The molecule has 4 rings (SSSR count). The molecule has 0 bridgehead atoms. The van der Waals surface area contributed by atoms with E-state index in [0.717, 1.165) is 17.6 Å². The molecule has 0 radical (unpaired) electrons. The summed E-state index contributed by atoms with van der Waals surface area (Å²) in [6.07, 6.45) is 0.942. The van der Waals surface area contributed by atoms with Gasteiger partial charge in [0.15, 0.2) is 5.82 Å². The summed E-state index contributed by atoms with van der Waals surface area (Å²) in [7, 11) is 5.91. The number of hydrogen-bond donors (Lipinski definition) is 1. The van der Waals surface area contributed by atoms with E-state index in [1.165, 1.54) is 15.8 Å². The first-order valence-electron chi connectivity index (χ1n) is 8.53. The smallest absolute Gasteiger partial charge is 0.274 e. The van der Waals surface area contributed by atoms with Crippen LogP contribution in [0.15, 0.2) is 53.3 Å². The van der Waals surface area contributed by atoms with E-state index in [1.54, 1.807) is 7.05 Å². The molecule has 1 aromatic heterocycles. The van der Waals surface area contributed by atoms with E-state index in [4.69, 9.17) is 0 Å². The minimum Gasteiger partial charge on any atom is -0.363 e. The first-order chi connectivity index (χ1) is 12.1. The molecular weight excluding hydrogens is 312 g/mol. The van der Waals surface area contributed by atoms with E-state index in [9.17, 15) is 4.79 Å². The van der Waals surface area contributed by atoms with Gasteiger partial charge in [-0.3, -0.25) is 4.79 Å². The molecule has 1 N–H and O–H groups in total. The van der Waals surface area contributed by atoms with Crippen molar-refractivity contribution >= 4 is 16.6 Å². The highest BCUT2D eigenvalue weighted by molar-refractivity contribution is 5.91. The minimum absolute atomic E-state index is 0.0694. The molecule has 0 fully saturated rings. The average molecular weight is 334 g/mol. The number of rotatable bonds is 3. The van der Waals surface area contributed by atoms with Gasteiger partial charge in [0.2, 0.25) is 0 Å². The first-order valence-corrected chi connectivity index (χ1v) is 8.53. The van der Waals surface area contributed by atoms with Crippen LogP contribution in [0.3, 0.4) is 0 Å². The number of hydrogen-bond acceptors (Lipinski definition) is 4. The maximum absolute atomic E-state index is 12.3. The van der Waals surface area contributed by atoms with Crippen LogP contribution >= 0.6 is 0 Å². The van der Waals surface area contributed by atoms with E-state index >= 15 is 0 Å². The lowest BCUT2D eigenvalue weighted by molar-refractivity contribution is 0.282. The second-order valence-corrected chi connectivity index (χ2v) is 6.89. The minimum atomic E-state index is -0.0694. The normalized spacial score (nSPS) is 19.4. The molecule has 2 atom stereocenters. The molecule has 1 aliphatic rings. The topological polar surface area (TPSA) is 50.2 Å². The molecule has 1 aliphatic carbocycles. The number of aromatic nitrogens is 2. The predicted octanol–water partition coefficient (Wildman–Crippen LogP) is 2.57. The molecule has 128 valence electrons. The number of nitrogens with one attached hydrogen (secondary N) is 1. The third-order valence-corrected chi connectivity index (χ3v) is 5.03. The van der Waals surface area contributed by atoms with Crippen molar-refractivity contribution in [3.63, 3.8) is 0 Å². The van der Waals surface area contributed by atoms with Crippen LogP contribution in [0, 0.1) is 0 Å². The van der Waals surface area contributed by atoms with Crippen molar-refractivity contribution in [2.24, 2.45) is 7.05 Å². The van der Waals surface area contributed by atoms with Gasteiger partial charge in [0.1, 0.15) is 0 Å². The number of likely N-dealkylation sites (N-methyl/N-ethyl adjacent to an activating group) is 1. The monoisotopic (exact) mass is 334 g/mol. The summed E-state index contributed by atoms with van der Waals surface area (Å²) in [5.41, 5.74) is 2.66. The fourth-order valence-corrected chi connectivity index (χ4v) is 3.92. The molecule has 0 aliphatic heterocycles. The van der Waals surface area contributed by atoms with Crippen molar-refractivity contribution < 1.29 is 0 Å². The molecule has 2 aromatic carbocycles. The van der Waals surface area contributed by atoms with Crippen LogP contribution in [-0.4, -0.2) is 34.8 Å². The Morgan fingerprint density at radius 2 is 1.76 bits per heavy atom. The van der Waals surface area contributed by atoms with Crippen LogP contribution in [-0.2, 0) is 13.5 Å². The Bertz CT molecular complexity index is 992. The summed E-state index contributed by atoms with van der Waals surface area (Å²) >= 11 is 0. The molecule has 0 amide bonds. The van der Waals surface area contributed by atoms with Crippen molar-refractivity contribution in [1.29, 1.82) is 0 Å². The molecule has 25 heavy (non-hydrogen) atoms. The Morgan fingerprint density at radius 3 is 2.52 bits per heavy atom. The molecular formula is C20H22N4O. The SMILES string of the molecule is CN(C)[C@H]1c2ccccc2CC1Nc1nn(C)c(=O)c2ccccc12. The van der Waals surface area contributed by atoms with Gasteiger partial charge in [-0.1, -0.05) is 42.5 Å². The summed E-state index contributed by atoms with van der Waals surface area (Å²) < 4.78 is 1.41. The molecule has 5 heteroatoms. The lowest BCUT2D eigenvalue weighted by Gasteiger charge is -2.28. The van der Waals surface area contributed by atoms with Gasteiger partial charge in [-0.15, -0.1) is 0 Å². The molecule has 1 heterocycles. The Kier molecular flexibility index (Phi) is 3.81. The highest BCUT2D eigenvalue weighted by Crippen LogP contribution is 2.36. The van der Waals surface area contributed by atoms with Crippen molar-refractivity contribution in [3.05, 3.63) is 70.0 Å². The van der Waals surface area contributed by atoms with Gasteiger partial charge in [-0.2, -0.15) is 5.10 Å². The molecule has 0 saturated carbocycles. The van der Waals surface area contributed by atoms with Crippen LogP contribution in [0.1, 0.15) is 17.2 Å². The average Bonchev–Trinajstić information content (AvgIpc) is 2.97. The van der Waals surface area contributed by atoms with E-state index in [1.807, 2.05) is 24.3 Å². The summed E-state index contributed by atoms with van der Waals surface area (Å²) in [5, 5.41) is 9.68. The van der Waals surface area contributed by atoms with Crippen molar-refractivity contribution in [2.75, 3.05) is 19.4 Å². The summed E-state index contributed by atoms with van der Waals surface area (Å²) in [4.78, 5) is 14.6. The zero-order valence-corrected chi connectivity index (χ0v) is 14.7. The van der Waals surface area contributed by atoms with Gasteiger partial charge in [0.25, 0.3) is 5.56 Å². The maximum Gasteiger partial charge on any atom is 0.274 e. The fraction of sp³-hybridized carbons (Fsp3) is 0.300. The zero-order chi connectivity index (χ0) is 17.6. The van der Waals surface area contributed by atoms with E-state index in [-0.39, 0.29) is 17.6 Å². The van der Waals surface area contributed by atoms with Gasteiger partial charge in [0, 0.05) is 12.4 Å². The van der Waals surface area contributed by atoms with Gasteiger partial charge < -0.3 is 10.2 Å². The van der Waals surface area contributed by atoms with Crippen LogP contribution in [0.2, 0.25) is 0 Å². The van der Waals surface area contributed by atoms with Crippen LogP contribution in [0.4, 0.5) is 5.82 Å². The van der Waals surface area contributed by atoms with Gasteiger partial charge in [-0.05, 0) is 37.7 Å². The number of nitrogens with zero attached hydrogens (tertiary/aromatic N) is 3. The predicted molar refractivity (Wildman–Crippen MR) is 101 cm³/mol. The quantitative estimate of drug-likeness (QED) is 0.800. The molecule has 1 unspecified atom stereocenters. The lowest BCUT2D eigenvalue weighted by atomic mass is 10.1. The fourth-order valence-electron chi connectivity index (χ4n) is 3.92. The maximum atomic E-state index is 12.3. The standard InChI is InChI=1S/C20H22N4O/c1-23(2)18-14-9-5-4-8-13(14)12-17(18)21-19-15-10-6-7-11-16(15)20(25)24(3)22-19/h4-11,17-18H,12H2,1-3H3,(H,21,22)/t17?,18-/m0/s1.